The average Bonchev–Trinajstić information content (AvgIpc) is 2.13. The summed E-state index contributed by atoms with van der Waals surface area (Å²) in [6.07, 6.45) is 0. The highest BCUT2D eigenvalue weighted by molar-refractivity contribution is 5.86. The molecule has 2 N–H and O–H groups in total. The number of likely N-dealkylation sites (N-methyl/N-ethyl adjacent to an activating group) is 1. The number of hydrogen-bond acceptors (Lipinski definition) is 2. The first-order valence-electron chi connectivity index (χ1n) is 2.85. The van der Waals surface area contributed by atoms with E-state index >= 15 is 0 Å². The summed E-state index contributed by atoms with van der Waals surface area (Å²) >= 11 is 0. The van der Waals surface area contributed by atoms with E-state index in [4.69, 9.17) is 5.11 Å². The first-order chi connectivity index (χ1) is 4.61. The Balaban J connectivity index is 2.57. The summed E-state index contributed by atoms with van der Waals surface area (Å²) in [5.41, 5.74) is 0. The zero-order valence-electron chi connectivity index (χ0n) is 5.50. The number of carbonyl (C=O) groups excluding carboxylic acids is 1. The molecule has 1 aliphatic rings. The molecule has 0 saturated carbocycles. The van der Waals surface area contributed by atoms with Crippen molar-refractivity contribution in [2.75, 3.05) is 13.6 Å². The van der Waals surface area contributed by atoms with E-state index in [1.807, 2.05) is 0 Å². The van der Waals surface area contributed by atoms with Gasteiger partial charge in [0.05, 0.1) is 6.54 Å². The lowest BCUT2D eigenvalue weighted by Crippen LogP contribution is -2.33. The van der Waals surface area contributed by atoms with E-state index in [1.165, 1.54) is 4.90 Å². The summed E-state index contributed by atoms with van der Waals surface area (Å²) in [6, 6.07) is -1.06. The van der Waals surface area contributed by atoms with Crippen molar-refractivity contribution in [3.63, 3.8) is 0 Å². The Bertz CT molecular complexity index is 180. The monoisotopic (exact) mass is 144 g/mol. The number of carbonyl (C=O) groups is 2. The molecule has 0 aromatic rings. The van der Waals surface area contributed by atoms with Gasteiger partial charge in [0.2, 0.25) is 0 Å². The van der Waals surface area contributed by atoms with Gasteiger partial charge < -0.3 is 15.3 Å². The number of nitrogens with zero attached hydrogens (tertiary/aromatic N) is 1. The molecule has 0 aliphatic carbocycles. The second kappa shape index (κ2) is 2.17. The molecule has 10 heavy (non-hydrogen) atoms. The first-order valence-corrected chi connectivity index (χ1v) is 2.85. The van der Waals surface area contributed by atoms with Gasteiger partial charge in [0.1, 0.15) is 6.04 Å². The fourth-order valence-corrected chi connectivity index (χ4v) is 0.801. The van der Waals surface area contributed by atoms with Crippen LogP contribution in [0.2, 0.25) is 0 Å². The third-order valence-electron chi connectivity index (χ3n) is 1.40. The SMILES string of the molecule is CN1C[C@H](C(=O)O)NC1=O. The molecule has 0 unspecified atom stereocenters. The second-order valence-corrected chi connectivity index (χ2v) is 2.22. The highest BCUT2D eigenvalue weighted by Gasteiger charge is 2.30. The van der Waals surface area contributed by atoms with E-state index < -0.39 is 12.0 Å². The van der Waals surface area contributed by atoms with Crippen LogP contribution >= 0.6 is 0 Å². The number of aliphatic carboxylic acids is 1. The van der Waals surface area contributed by atoms with Gasteiger partial charge in [0.15, 0.2) is 0 Å². The third-order valence-corrected chi connectivity index (χ3v) is 1.40. The molecule has 1 atom stereocenters. The highest BCUT2D eigenvalue weighted by Crippen LogP contribution is 1.99. The smallest absolute Gasteiger partial charge is 0.328 e. The summed E-state index contributed by atoms with van der Waals surface area (Å²) in [4.78, 5) is 22.2. The van der Waals surface area contributed by atoms with Crippen molar-refractivity contribution >= 4 is 12.0 Å². The van der Waals surface area contributed by atoms with Crippen LogP contribution in [-0.2, 0) is 4.79 Å². The van der Waals surface area contributed by atoms with Crippen LogP contribution in [0.15, 0.2) is 0 Å². The maximum Gasteiger partial charge on any atom is 0.328 e. The largest absolute Gasteiger partial charge is 0.480 e. The van der Waals surface area contributed by atoms with Crippen molar-refractivity contribution in [2.24, 2.45) is 0 Å². The van der Waals surface area contributed by atoms with Crippen molar-refractivity contribution in [2.45, 2.75) is 6.04 Å². The Hall–Kier alpha value is -1.26. The molecule has 2 amide bonds. The van der Waals surface area contributed by atoms with Gasteiger partial charge in [-0.25, -0.2) is 9.59 Å². The van der Waals surface area contributed by atoms with Crippen LogP contribution in [0.5, 0.6) is 0 Å². The van der Waals surface area contributed by atoms with Crippen LogP contribution < -0.4 is 5.32 Å². The fraction of sp³-hybridized carbons (Fsp3) is 0.600. The molecule has 1 saturated heterocycles. The molecule has 0 aromatic carbocycles. The van der Waals surface area contributed by atoms with Gasteiger partial charge in [-0.1, -0.05) is 0 Å². The van der Waals surface area contributed by atoms with Crippen LogP contribution in [0.4, 0.5) is 4.79 Å². The average molecular weight is 144 g/mol. The van der Waals surface area contributed by atoms with Crippen molar-refractivity contribution in [3.05, 3.63) is 0 Å². The molecular weight excluding hydrogens is 136 g/mol. The topological polar surface area (TPSA) is 69.6 Å². The Morgan fingerprint density at radius 2 is 2.50 bits per heavy atom. The minimum atomic E-state index is -0.988. The van der Waals surface area contributed by atoms with Gasteiger partial charge in [0.25, 0.3) is 0 Å². The van der Waals surface area contributed by atoms with Crippen molar-refractivity contribution in [1.29, 1.82) is 0 Å². The fourth-order valence-electron chi connectivity index (χ4n) is 0.801. The lowest BCUT2D eigenvalue weighted by Gasteiger charge is -2.02. The lowest BCUT2D eigenvalue weighted by atomic mass is 10.3. The van der Waals surface area contributed by atoms with Crippen LogP contribution in [0.1, 0.15) is 0 Å². The Morgan fingerprint density at radius 3 is 2.70 bits per heavy atom. The quantitative estimate of drug-likeness (QED) is 0.500. The van der Waals surface area contributed by atoms with Crippen LogP contribution in [0.25, 0.3) is 0 Å². The molecule has 0 bridgehead atoms. The first kappa shape index (κ1) is 6.85. The zero-order chi connectivity index (χ0) is 7.72. The predicted octanol–water partition coefficient (Wildman–Crippen LogP) is -0.905. The number of amides is 2. The van der Waals surface area contributed by atoms with Gasteiger partial charge >= 0.3 is 12.0 Å². The summed E-state index contributed by atoms with van der Waals surface area (Å²) in [5.74, 6) is -0.988. The molecular formula is C5H8N2O3. The van der Waals surface area contributed by atoms with Gasteiger partial charge in [-0.3, -0.25) is 0 Å². The molecule has 1 heterocycles. The minimum Gasteiger partial charge on any atom is -0.480 e. The molecule has 1 rings (SSSR count). The second-order valence-electron chi connectivity index (χ2n) is 2.22. The number of nitrogens with one attached hydrogen (secondary N) is 1. The summed E-state index contributed by atoms with van der Waals surface area (Å²) in [6.45, 7) is 0.244. The van der Waals surface area contributed by atoms with Gasteiger partial charge in [-0.15, -0.1) is 0 Å². The molecule has 1 aliphatic heterocycles. The van der Waals surface area contributed by atoms with Gasteiger partial charge in [-0.05, 0) is 0 Å². The summed E-state index contributed by atoms with van der Waals surface area (Å²) in [7, 11) is 1.55. The van der Waals surface area contributed by atoms with Crippen molar-refractivity contribution < 1.29 is 14.7 Å². The van der Waals surface area contributed by atoms with E-state index in [0.29, 0.717) is 0 Å². The predicted molar refractivity (Wildman–Crippen MR) is 32.6 cm³/mol. The normalized spacial score (nSPS) is 24.7. The van der Waals surface area contributed by atoms with Crippen LogP contribution in [0.3, 0.4) is 0 Å². The van der Waals surface area contributed by atoms with Crippen molar-refractivity contribution in [3.8, 4) is 0 Å². The zero-order valence-corrected chi connectivity index (χ0v) is 5.50. The molecule has 56 valence electrons. The Morgan fingerprint density at radius 1 is 1.90 bits per heavy atom. The molecule has 0 spiro atoms. The van der Waals surface area contributed by atoms with Crippen LogP contribution in [0, 0.1) is 0 Å². The van der Waals surface area contributed by atoms with E-state index in [-0.39, 0.29) is 12.6 Å². The number of urea groups is 1. The van der Waals surface area contributed by atoms with E-state index in [1.54, 1.807) is 7.05 Å². The lowest BCUT2D eigenvalue weighted by molar-refractivity contribution is -0.138. The molecule has 5 nitrogen and oxygen atoms in total. The standard InChI is InChI=1S/C5H8N2O3/c1-7-2-3(4(8)9)6-5(7)10/h3H,2H2,1H3,(H,6,10)(H,8,9)/t3-/m1/s1. The van der Waals surface area contributed by atoms with Gasteiger partial charge in [-0.2, -0.15) is 0 Å². The highest BCUT2D eigenvalue weighted by atomic mass is 16.4. The number of rotatable bonds is 1. The Labute approximate surface area is 57.6 Å². The number of hydrogen-bond donors (Lipinski definition) is 2. The van der Waals surface area contributed by atoms with Crippen LogP contribution in [-0.4, -0.2) is 41.6 Å². The van der Waals surface area contributed by atoms with E-state index in [2.05, 4.69) is 5.32 Å². The Kier molecular flexibility index (Phi) is 1.48. The van der Waals surface area contributed by atoms with Gasteiger partial charge in [0, 0.05) is 7.05 Å². The molecule has 0 radical (unpaired) electrons. The number of carboxylic acid groups (broad SMARTS) is 1. The maximum absolute atomic E-state index is 10.6. The van der Waals surface area contributed by atoms with E-state index in [0.717, 1.165) is 0 Å². The summed E-state index contributed by atoms with van der Waals surface area (Å²) in [5, 5.41) is 10.7. The third kappa shape index (κ3) is 1.02. The molecule has 0 aromatic heterocycles. The number of carboxylic acids is 1. The molecule has 1 fully saturated rings. The summed E-state index contributed by atoms with van der Waals surface area (Å²) < 4.78 is 0. The van der Waals surface area contributed by atoms with Crippen molar-refractivity contribution in [1.82, 2.24) is 10.2 Å². The molecule has 5 heteroatoms. The van der Waals surface area contributed by atoms with E-state index in [9.17, 15) is 9.59 Å². The maximum atomic E-state index is 10.6. The minimum absolute atomic E-state index is 0.244.